The van der Waals surface area contributed by atoms with Crippen molar-refractivity contribution in [2.45, 2.75) is 71.3 Å². The molecule has 5 fully saturated rings. The molecule has 4 nitrogen and oxygen atoms in total. The summed E-state index contributed by atoms with van der Waals surface area (Å²) in [6.45, 7) is 4.69. The van der Waals surface area contributed by atoms with Gasteiger partial charge in [-0.05, 0) is 94.6 Å². The summed E-state index contributed by atoms with van der Waals surface area (Å²) < 4.78 is 5.75. The Bertz CT molecular complexity index is 779. The molecule has 5 aliphatic rings. The van der Waals surface area contributed by atoms with Gasteiger partial charge in [0.25, 0.3) is 0 Å². The van der Waals surface area contributed by atoms with Crippen molar-refractivity contribution in [1.29, 1.82) is 0 Å². The Morgan fingerprint density at radius 2 is 1.68 bits per heavy atom. The summed E-state index contributed by atoms with van der Waals surface area (Å²) in [5.41, 5.74) is 1.93. The van der Waals surface area contributed by atoms with E-state index in [4.69, 9.17) is 4.74 Å². The fourth-order valence-corrected chi connectivity index (χ4v) is 7.02. The predicted molar refractivity (Wildman–Crippen MR) is 107 cm³/mol. The van der Waals surface area contributed by atoms with E-state index in [2.05, 4.69) is 0 Å². The van der Waals surface area contributed by atoms with E-state index in [0.717, 1.165) is 61.0 Å². The second kappa shape index (κ2) is 6.60. The molecule has 1 aromatic carbocycles. The van der Waals surface area contributed by atoms with E-state index in [9.17, 15) is 9.59 Å². The number of aryl methyl sites for hydroxylation is 2. The molecule has 4 saturated carbocycles. The lowest BCUT2D eigenvalue weighted by Gasteiger charge is -2.56. The van der Waals surface area contributed by atoms with Gasteiger partial charge in [-0.1, -0.05) is 17.7 Å². The summed E-state index contributed by atoms with van der Waals surface area (Å²) >= 11 is 0. The second-order valence-corrected chi connectivity index (χ2v) is 10.0. The molecule has 1 amide bonds. The maximum absolute atomic E-state index is 13.7. The molecule has 0 spiro atoms. The number of rotatable bonds is 3. The van der Waals surface area contributed by atoms with Crippen LogP contribution in [-0.2, 0) is 9.59 Å². The van der Waals surface area contributed by atoms with E-state index in [-0.39, 0.29) is 17.3 Å². The third kappa shape index (κ3) is 2.96. The first-order valence-corrected chi connectivity index (χ1v) is 11.0. The first-order valence-electron chi connectivity index (χ1n) is 11.0. The molecule has 1 heterocycles. The maximum Gasteiger partial charge on any atom is 0.334 e. The molecular weight excluding hydrogens is 350 g/mol. The van der Waals surface area contributed by atoms with Crippen LogP contribution in [0.5, 0.6) is 5.75 Å². The molecule has 0 aromatic heterocycles. The SMILES string of the molecule is Cc1ccc(OC(=O)C2CCCN2C(=O)C23CC4CC(CC(C4)C2)C3)c(C)c1. The number of carbonyl (C=O) groups is 2. The standard InChI is InChI=1S/C24H31NO3/c1-15-5-6-21(16(2)8-15)28-22(26)20-4-3-7-25(20)23(27)24-12-17-9-18(13-24)11-19(10-17)14-24/h5-6,8,17-20H,3-4,7,9-14H2,1-2H3. The minimum atomic E-state index is -0.416. The molecular formula is C24H31NO3. The summed E-state index contributed by atoms with van der Waals surface area (Å²) in [5.74, 6) is 2.81. The highest BCUT2D eigenvalue weighted by Gasteiger charge is 2.57. The molecule has 1 saturated heterocycles. The third-order valence-corrected chi connectivity index (χ3v) is 7.82. The number of amides is 1. The molecule has 0 N–H and O–H groups in total. The fraction of sp³-hybridized carbons (Fsp3) is 0.667. The molecule has 4 heteroatoms. The lowest BCUT2D eigenvalue weighted by molar-refractivity contribution is -0.162. The Morgan fingerprint density at radius 3 is 2.29 bits per heavy atom. The van der Waals surface area contributed by atoms with Gasteiger partial charge in [-0.25, -0.2) is 4.79 Å². The predicted octanol–water partition coefficient (Wildman–Crippen LogP) is 4.42. The van der Waals surface area contributed by atoms with Crippen LogP contribution < -0.4 is 4.74 Å². The third-order valence-electron chi connectivity index (χ3n) is 7.82. The van der Waals surface area contributed by atoms with Crippen molar-refractivity contribution in [1.82, 2.24) is 4.90 Å². The Balaban J connectivity index is 1.34. The quantitative estimate of drug-likeness (QED) is 0.575. The number of hydrogen-bond donors (Lipinski definition) is 0. The summed E-state index contributed by atoms with van der Waals surface area (Å²) in [6.07, 6.45) is 8.74. The number of carbonyl (C=O) groups excluding carboxylic acids is 2. The molecule has 4 aliphatic carbocycles. The monoisotopic (exact) mass is 381 g/mol. The lowest BCUT2D eigenvalue weighted by atomic mass is 9.49. The number of benzene rings is 1. The second-order valence-electron chi connectivity index (χ2n) is 10.0. The van der Waals surface area contributed by atoms with Gasteiger partial charge < -0.3 is 9.64 Å². The highest BCUT2D eigenvalue weighted by Crippen LogP contribution is 2.60. The Kier molecular flexibility index (Phi) is 4.29. The van der Waals surface area contributed by atoms with E-state index in [0.29, 0.717) is 12.3 Å². The molecule has 150 valence electrons. The average Bonchev–Trinajstić information content (AvgIpc) is 3.12. The van der Waals surface area contributed by atoms with Crippen molar-refractivity contribution in [3.8, 4) is 5.75 Å². The van der Waals surface area contributed by atoms with Crippen LogP contribution in [0.3, 0.4) is 0 Å². The van der Waals surface area contributed by atoms with Crippen LogP contribution in [0.15, 0.2) is 18.2 Å². The van der Waals surface area contributed by atoms with Crippen LogP contribution in [0, 0.1) is 37.0 Å². The van der Waals surface area contributed by atoms with Crippen LogP contribution >= 0.6 is 0 Å². The smallest absolute Gasteiger partial charge is 0.334 e. The van der Waals surface area contributed by atoms with Crippen molar-refractivity contribution in [3.05, 3.63) is 29.3 Å². The van der Waals surface area contributed by atoms with E-state index in [1.54, 1.807) is 0 Å². The number of likely N-dealkylation sites (tertiary alicyclic amines) is 1. The van der Waals surface area contributed by atoms with Gasteiger partial charge in [0.2, 0.25) is 5.91 Å². The van der Waals surface area contributed by atoms with Gasteiger partial charge in [-0.2, -0.15) is 0 Å². The summed E-state index contributed by atoms with van der Waals surface area (Å²) in [7, 11) is 0. The zero-order valence-corrected chi connectivity index (χ0v) is 17.1. The van der Waals surface area contributed by atoms with Crippen LogP contribution in [-0.4, -0.2) is 29.4 Å². The topological polar surface area (TPSA) is 46.6 Å². The highest BCUT2D eigenvalue weighted by molar-refractivity contribution is 5.89. The first-order chi connectivity index (χ1) is 13.4. The minimum absolute atomic E-state index is 0.183. The van der Waals surface area contributed by atoms with Crippen LogP contribution in [0.4, 0.5) is 0 Å². The van der Waals surface area contributed by atoms with Gasteiger partial charge in [-0.3, -0.25) is 4.79 Å². The molecule has 0 radical (unpaired) electrons. The van der Waals surface area contributed by atoms with Crippen molar-refractivity contribution in [2.75, 3.05) is 6.54 Å². The van der Waals surface area contributed by atoms with Crippen LogP contribution in [0.1, 0.15) is 62.5 Å². The van der Waals surface area contributed by atoms with Crippen LogP contribution in [0.25, 0.3) is 0 Å². The number of nitrogens with zero attached hydrogens (tertiary/aromatic N) is 1. The molecule has 6 rings (SSSR count). The molecule has 1 aromatic rings. The largest absolute Gasteiger partial charge is 0.425 e. The Hall–Kier alpha value is -1.84. The van der Waals surface area contributed by atoms with Crippen molar-refractivity contribution in [3.63, 3.8) is 0 Å². The molecule has 4 bridgehead atoms. The number of ether oxygens (including phenoxy) is 1. The van der Waals surface area contributed by atoms with Crippen molar-refractivity contribution >= 4 is 11.9 Å². The zero-order chi connectivity index (χ0) is 19.5. The van der Waals surface area contributed by atoms with Gasteiger partial charge in [0.15, 0.2) is 0 Å². The summed E-state index contributed by atoms with van der Waals surface area (Å²) in [4.78, 5) is 28.6. The zero-order valence-electron chi connectivity index (χ0n) is 17.1. The van der Waals surface area contributed by atoms with Crippen LogP contribution in [0.2, 0.25) is 0 Å². The highest BCUT2D eigenvalue weighted by atomic mass is 16.5. The first kappa shape index (κ1) is 18.2. The number of hydrogen-bond acceptors (Lipinski definition) is 3. The van der Waals surface area contributed by atoms with Gasteiger partial charge in [0.05, 0.1) is 5.41 Å². The van der Waals surface area contributed by atoms with E-state index >= 15 is 0 Å². The molecule has 28 heavy (non-hydrogen) atoms. The van der Waals surface area contributed by atoms with Gasteiger partial charge >= 0.3 is 5.97 Å². The van der Waals surface area contributed by atoms with Gasteiger partial charge in [-0.15, -0.1) is 0 Å². The molecule has 1 aliphatic heterocycles. The van der Waals surface area contributed by atoms with Gasteiger partial charge in [0, 0.05) is 6.54 Å². The van der Waals surface area contributed by atoms with Crippen molar-refractivity contribution < 1.29 is 14.3 Å². The maximum atomic E-state index is 13.7. The molecule has 1 unspecified atom stereocenters. The lowest BCUT2D eigenvalue weighted by Crippen LogP contribution is -2.56. The van der Waals surface area contributed by atoms with E-state index in [1.165, 1.54) is 19.3 Å². The Labute approximate surface area is 167 Å². The Morgan fingerprint density at radius 1 is 1.04 bits per heavy atom. The van der Waals surface area contributed by atoms with Gasteiger partial charge in [0.1, 0.15) is 11.8 Å². The fourth-order valence-electron chi connectivity index (χ4n) is 7.02. The average molecular weight is 382 g/mol. The summed E-state index contributed by atoms with van der Waals surface area (Å²) in [5, 5.41) is 0. The minimum Gasteiger partial charge on any atom is -0.425 e. The molecule has 1 atom stereocenters. The summed E-state index contributed by atoms with van der Waals surface area (Å²) in [6, 6.07) is 5.43. The van der Waals surface area contributed by atoms with E-state index < -0.39 is 6.04 Å². The van der Waals surface area contributed by atoms with E-state index in [1.807, 2.05) is 36.9 Å². The normalized spacial score (nSPS) is 36.0. The number of esters is 1. The van der Waals surface area contributed by atoms with Crippen molar-refractivity contribution in [2.24, 2.45) is 23.2 Å².